The molecule has 0 fully saturated rings. The number of rotatable bonds is 6. The first-order chi connectivity index (χ1) is 11.7. The Balaban J connectivity index is 1.67. The van der Waals surface area contributed by atoms with Crippen molar-refractivity contribution in [3.8, 4) is 5.75 Å². The van der Waals surface area contributed by atoms with Crippen molar-refractivity contribution in [3.05, 3.63) is 47.3 Å². The van der Waals surface area contributed by atoms with Gasteiger partial charge in [0.15, 0.2) is 5.78 Å². The van der Waals surface area contributed by atoms with Crippen LogP contribution in [-0.4, -0.2) is 29.8 Å². The number of hydrogen-bond donors (Lipinski definition) is 3. The van der Waals surface area contributed by atoms with Crippen LogP contribution in [0, 0.1) is 0 Å². The van der Waals surface area contributed by atoms with E-state index in [0.717, 1.165) is 30.7 Å². The van der Waals surface area contributed by atoms with Crippen LogP contribution in [0.3, 0.4) is 0 Å². The predicted molar refractivity (Wildman–Crippen MR) is 91.6 cm³/mol. The molecule has 1 aromatic carbocycles. The fourth-order valence-electron chi connectivity index (χ4n) is 2.82. The predicted octanol–water partition coefficient (Wildman–Crippen LogP) is 2.51. The van der Waals surface area contributed by atoms with Crippen LogP contribution >= 0.6 is 0 Å². The van der Waals surface area contributed by atoms with Gasteiger partial charge in [-0.1, -0.05) is 0 Å². The Kier molecular flexibility index (Phi) is 4.96. The number of carbonyl (C=O) groups excluding carboxylic acids is 2. The standard InChI is InChI=1S/C18H21N3O3/c19-9-2-10-24-13-7-5-12(6-8-13)21-18(23)14-11-20-15-3-1-4-16(22)17(14)15/h5-8,11,20H,1-4,9-10,19H2,(H,21,23). The van der Waals surface area contributed by atoms with Crippen molar-refractivity contribution >= 4 is 17.4 Å². The van der Waals surface area contributed by atoms with Gasteiger partial charge in [0.1, 0.15) is 5.75 Å². The summed E-state index contributed by atoms with van der Waals surface area (Å²) in [6.07, 6.45) is 4.56. The highest BCUT2D eigenvalue weighted by atomic mass is 16.5. The molecule has 1 aromatic heterocycles. The summed E-state index contributed by atoms with van der Waals surface area (Å²) in [6.45, 7) is 1.16. The smallest absolute Gasteiger partial charge is 0.257 e. The summed E-state index contributed by atoms with van der Waals surface area (Å²) in [5.74, 6) is 0.488. The van der Waals surface area contributed by atoms with Crippen LogP contribution in [0.4, 0.5) is 5.69 Å². The molecule has 4 N–H and O–H groups in total. The first kappa shape index (κ1) is 16.3. The van der Waals surface area contributed by atoms with E-state index in [-0.39, 0.29) is 11.7 Å². The Labute approximate surface area is 140 Å². The number of aryl methyl sites for hydroxylation is 1. The van der Waals surface area contributed by atoms with Gasteiger partial charge in [-0.2, -0.15) is 0 Å². The van der Waals surface area contributed by atoms with Crippen LogP contribution in [0.1, 0.15) is 45.7 Å². The molecular formula is C18H21N3O3. The molecule has 0 radical (unpaired) electrons. The molecule has 1 aliphatic carbocycles. The number of H-pyrrole nitrogens is 1. The van der Waals surface area contributed by atoms with E-state index in [4.69, 9.17) is 10.5 Å². The van der Waals surface area contributed by atoms with E-state index in [0.29, 0.717) is 36.4 Å². The molecule has 6 nitrogen and oxygen atoms in total. The first-order valence-corrected chi connectivity index (χ1v) is 8.17. The van der Waals surface area contributed by atoms with E-state index < -0.39 is 0 Å². The highest BCUT2D eigenvalue weighted by Gasteiger charge is 2.25. The second-order valence-electron chi connectivity index (χ2n) is 5.80. The van der Waals surface area contributed by atoms with Gasteiger partial charge >= 0.3 is 0 Å². The molecule has 0 atom stereocenters. The molecule has 24 heavy (non-hydrogen) atoms. The Morgan fingerprint density at radius 2 is 2.04 bits per heavy atom. The minimum absolute atomic E-state index is 0.0336. The second-order valence-corrected chi connectivity index (χ2v) is 5.80. The van der Waals surface area contributed by atoms with Crippen LogP contribution < -0.4 is 15.8 Å². The van der Waals surface area contributed by atoms with E-state index in [1.165, 1.54) is 0 Å². The van der Waals surface area contributed by atoms with Gasteiger partial charge in [0.05, 0.1) is 17.7 Å². The van der Waals surface area contributed by atoms with E-state index in [1.54, 1.807) is 30.5 Å². The summed E-state index contributed by atoms with van der Waals surface area (Å²) in [6, 6.07) is 7.14. The minimum atomic E-state index is -0.278. The normalized spacial score (nSPS) is 13.5. The quantitative estimate of drug-likeness (QED) is 0.710. The van der Waals surface area contributed by atoms with Crippen LogP contribution in [0.25, 0.3) is 0 Å². The maximum Gasteiger partial charge on any atom is 0.257 e. The van der Waals surface area contributed by atoms with Crippen LogP contribution in [0.2, 0.25) is 0 Å². The maximum atomic E-state index is 12.5. The SMILES string of the molecule is NCCCOc1ccc(NC(=O)c2c[nH]c3c2C(=O)CCC3)cc1. The molecule has 126 valence electrons. The van der Waals surface area contributed by atoms with Gasteiger partial charge in [-0.25, -0.2) is 0 Å². The zero-order valence-corrected chi connectivity index (χ0v) is 13.4. The number of anilines is 1. The number of nitrogens with two attached hydrogens (primary N) is 1. The number of Topliss-reactive ketones (excluding diaryl/α,β-unsaturated/α-hetero) is 1. The van der Waals surface area contributed by atoms with Gasteiger partial charge < -0.3 is 20.8 Å². The van der Waals surface area contributed by atoms with Crippen molar-refractivity contribution in [2.75, 3.05) is 18.5 Å². The summed E-state index contributed by atoms with van der Waals surface area (Å²) in [5.41, 5.74) is 7.90. The Morgan fingerprint density at radius 1 is 1.25 bits per heavy atom. The van der Waals surface area contributed by atoms with Crippen LogP contribution in [-0.2, 0) is 6.42 Å². The van der Waals surface area contributed by atoms with Crippen molar-refractivity contribution in [1.29, 1.82) is 0 Å². The number of ether oxygens (including phenoxy) is 1. The molecule has 1 heterocycles. The van der Waals surface area contributed by atoms with Gasteiger partial charge in [0.2, 0.25) is 0 Å². The average molecular weight is 327 g/mol. The topological polar surface area (TPSA) is 97.2 Å². The number of nitrogens with one attached hydrogen (secondary N) is 2. The summed E-state index contributed by atoms with van der Waals surface area (Å²) >= 11 is 0. The van der Waals surface area contributed by atoms with Crippen molar-refractivity contribution in [1.82, 2.24) is 4.98 Å². The highest BCUT2D eigenvalue weighted by molar-refractivity contribution is 6.13. The maximum absolute atomic E-state index is 12.5. The molecule has 0 unspecified atom stereocenters. The number of carbonyl (C=O) groups is 2. The fraction of sp³-hybridized carbons (Fsp3) is 0.333. The number of amides is 1. The lowest BCUT2D eigenvalue weighted by Gasteiger charge is -2.12. The van der Waals surface area contributed by atoms with Crippen LogP contribution in [0.5, 0.6) is 5.75 Å². The molecule has 3 rings (SSSR count). The fourth-order valence-corrected chi connectivity index (χ4v) is 2.82. The molecule has 0 saturated heterocycles. The van der Waals surface area contributed by atoms with E-state index >= 15 is 0 Å². The third-order valence-electron chi connectivity index (χ3n) is 4.05. The van der Waals surface area contributed by atoms with Crippen molar-refractivity contribution in [3.63, 3.8) is 0 Å². The number of fused-ring (bicyclic) bond motifs is 1. The molecule has 1 amide bonds. The Bertz CT molecular complexity index is 734. The number of ketones is 1. The highest BCUT2D eigenvalue weighted by Crippen LogP contribution is 2.25. The lowest BCUT2D eigenvalue weighted by atomic mass is 9.93. The summed E-state index contributed by atoms with van der Waals surface area (Å²) in [4.78, 5) is 27.6. The van der Waals surface area contributed by atoms with Gasteiger partial charge in [0, 0.05) is 24.0 Å². The number of benzene rings is 1. The molecule has 0 saturated carbocycles. The van der Waals surface area contributed by atoms with E-state index in [1.807, 2.05) is 0 Å². The van der Waals surface area contributed by atoms with Gasteiger partial charge in [-0.05, 0) is 50.1 Å². The molecule has 0 aliphatic heterocycles. The molecule has 2 aromatic rings. The average Bonchev–Trinajstić information content (AvgIpc) is 3.02. The van der Waals surface area contributed by atoms with Gasteiger partial charge in [-0.15, -0.1) is 0 Å². The minimum Gasteiger partial charge on any atom is -0.494 e. The monoisotopic (exact) mass is 327 g/mol. The van der Waals surface area contributed by atoms with Crippen LogP contribution in [0.15, 0.2) is 30.5 Å². The van der Waals surface area contributed by atoms with E-state index in [9.17, 15) is 9.59 Å². The van der Waals surface area contributed by atoms with Crippen molar-refractivity contribution < 1.29 is 14.3 Å². The molecule has 1 aliphatic rings. The summed E-state index contributed by atoms with van der Waals surface area (Å²) < 4.78 is 5.52. The van der Waals surface area contributed by atoms with Gasteiger partial charge in [0.25, 0.3) is 5.91 Å². The number of hydrogen-bond acceptors (Lipinski definition) is 4. The summed E-state index contributed by atoms with van der Waals surface area (Å²) in [7, 11) is 0. The van der Waals surface area contributed by atoms with Crippen molar-refractivity contribution in [2.24, 2.45) is 5.73 Å². The largest absolute Gasteiger partial charge is 0.494 e. The van der Waals surface area contributed by atoms with Gasteiger partial charge in [-0.3, -0.25) is 9.59 Å². The number of aromatic amines is 1. The molecule has 6 heteroatoms. The molecular weight excluding hydrogens is 306 g/mol. The lowest BCUT2D eigenvalue weighted by molar-refractivity contribution is 0.0956. The van der Waals surface area contributed by atoms with Crippen molar-refractivity contribution in [2.45, 2.75) is 25.7 Å². The van der Waals surface area contributed by atoms with E-state index in [2.05, 4.69) is 10.3 Å². The molecule has 0 bridgehead atoms. The Morgan fingerprint density at radius 3 is 2.79 bits per heavy atom. The third-order valence-corrected chi connectivity index (χ3v) is 4.05. The zero-order chi connectivity index (χ0) is 16.9. The molecule has 0 spiro atoms. The third kappa shape index (κ3) is 3.49. The zero-order valence-electron chi connectivity index (χ0n) is 13.4. The summed E-state index contributed by atoms with van der Waals surface area (Å²) in [5, 5.41) is 2.82. The number of aromatic nitrogens is 1. The second kappa shape index (κ2) is 7.31. The Hall–Kier alpha value is -2.60. The first-order valence-electron chi connectivity index (χ1n) is 8.17. The lowest BCUT2D eigenvalue weighted by Crippen LogP contribution is -2.17.